The van der Waals surface area contributed by atoms with Crippen molar-refractivity contribution in [3.05, 3.63) is 29.8 Å². The minimum atomic E-state index is 0.172. The van der Waals surface area contributed by atoms with Gasteiger partial charge in [0.2, 0.25) is 5.91 Å². The molecule has 1 amide bonds. The molecular formula is C13H20N2OS. The molecule has 0 spiro atoms. The van der Waals surface area contributed by atoms with Gasteiger partial charge in [-0.15, -0.1) is 11.8 Å². The minimum Gasteiger partial charge on any atom is -0.344 e. The van der Waals surface area contributed by atoms with Crippen LogP contribution in [0.3, 0.4) is 0 Å². The molecule has 0 atom stereocenters. The Morgan fingerprint density at radius 1 is 1.35 bits per heavy atom. The number of carbonyl (C=O) groups excluding carboxylic acids is 1. The maximum atomic E-state index is 11.8. The molecule has 1 rings (SSSR count). The zero-order valence-electron chi connectivity index (χ0n) is 10.7. The van der Waals surface area contributed by atoms with Gasteiger partial charge < -0.3 is 10.2 Å². The van der Waals surface area contributed by atoms with Crippen LogP contribution in [0.25, 0.3) is 0 Å². The first-order valence-electron chi connectivity index (χ1n) is 5.71. The van der Waals surface area contributed by atoms with Gasteiger partial charge in [0.1, 0.15) is 0 Å². The Bertz CT molecular complexity index is 351. The molecule has 0 aromatic heterocycles. The van der Waals surface area contributed by atoms with Crippen molar-refractivity contribution >= 4 is 17.7 Å². The molecule has 1 aromatic carbocycles. The first-order valence-corrected chi connectivity index (χ1v) is 6.70. The van der Waals surface area contributed by atoms with E-state index in [9.17, 15) is 4.79 Å². The molecule has 0 radical (unpaired) electrons. The fraction of sp³-hybridized carbons (Fsp3) is 0.462. The number of aryl methyl sites for hydroxylation is 1. The summed E-state index contributed by atoms with van der Waals surface area (Å²) in [5, 5.41) is 3.03. The molecule has 0 unspecified atom stereocenters. The second-order valence-corrected chi connectivity index (χ2v) is 5.07. The third-order valence-corrected chi connectivity index (χ3v) is 3.50. The summed E-state index contributed by atoms with van der Waals surface area (Å²) in [4.78, 5) is 14.7. The highest BCUT2D eigenvalue weighted by Gasteiger charge is 2.08. The van der Waals surface area contributed by atoms with E-state index in [1.54, 1.807) is 16.7 Å². The predicted octanol–water partition coefficient (Wildman–Crippen LogP) is 1.76. The molecule has 1 N–H and O–H groups in total. The monoisotopic (exact) mass is 252 g/mol. The Morgan fingerprint density at radius 2 is 2.00 bits per heavy atom. The van der Waals surface area contributed by atoms with Crippen LogP contribution >= 0.6 is 11.8 Å². The second kappa shape index (κ2) is 7.35. The third-order valence-electron chi connectivity index (χ3n) is 2.51. The van der Waals surface area contributed by atoms with Crippen LogP contribution in [0.4, 0.5) is 0 Å². The number of likely N-dealkylation sites (N-methyl/N-ethyl adjacent to an activating group) is 2. The largest absolute Gasteiger partial charge is 0.344 e. The van der Waals surface area contributed by atoms with E-state index in [0.29, 0.717) is 5.75 Å². The maximum absolute atomic E-state index is 11.8. The molecule has 0 saturated heterocycles. The van der Waals surface area contributed by atoms with E-state index >= 15 is 0 Å². The van der Waals surface area contributed by atoms with Gasteiger partial charge in [-0.2, -0.15) is 0 Å². The SMILES string of the molecule is CNCCN(C)C(=O)CSc1ccc(C)cc1. The number of thioether (sulfide) groups is 1. The summed E-state index contributed by atoms with van der Waals surface area (Å²) in [6.45, 7) is 3.65. The standard InChI is InChI=1S/C13H20N2OS/c1-11-4-6-12(7-5-11)17-10-13(16)15(3)9-8-14-2/h4-7,14H,8-10H2,1-3H3. The van der Waals surface area contributed by atoms with Crippen molar-refractivity contribution in [3.63, 3.8) is 0 Å². The van der Waals surface area contributed by atoms with Gasteiger partial charge in [-0.05, 0) is 26.1 Å². The lowest BCUT2D eigenvalue weighted by molar-refractivity contribution is -0.127. The Labute approximate surface area is 108 Å². The molecule has 0 heterocycles. The first-order chi connectivity index (χ1) is 8.13. The van der Waals surface area contributed by atoms with Gasteiger partial charge in [-0.25, -0.2) is 0 Å². The maximum Gasteiger partial charge on any atom is 0.232 e. The smallest absolute Gasteiger partial charge is 0.232 e. The molecule has 1 aromatic rings. The zero-order chi connectivity index (χ0) is 12.7. The summed E-state index contributed by atoms with van der Waals surface area (Å²) in [5.74, 6) is 0.675. The van der Waals surface area contributed by atoms with Crippen molar-refractivity contribution < 1.29 is 4.79 Å². The van der Waals surface area contributed by atoms with E-state index in [4.69, 9.17) is 0 Å². The lowest BCUT2D eigenvalue weighted by Crippen LogP contribution is -2.33. The average Bonchev–Trinajstić information content (AvgIpc) is 2.34. The molecule has 0 aliphatic rings. The summed E-state index contributed by atoms with van der Waals surface area (Å²) in [6.07, 6.45) is 0. The Balaban J connectivity index is 2.34. The lowest BCUT2D eigenvalue weighted by atomic mass is 10.2. The van der Waals surface area contributed by atoms with Crippen LogP contribution in [0, 0.1) is 6.92 Å². The van der Waals surface area contributed by atoms with E-state index < -0.39 is 0 Å². The summed E-state index contributed by atoms with van der Waals surface area (Å²) in [5.41, 5.74) is 1.24. The van der Waals surface area contributed by atoms with Gasteiger partial charge in [0, 0.05) is 25.0 Å². The lowest BCUT2D eigenvalue weighted by Gasteiger charge is -2.16. The van der Waals surface area contributed by atoms with E-state index in [1.165, 1.54) is 5.56 Å². The van der Waals surface area contributed by atoms with Crippen LogP contribution in [-0.4, -0.2) is 43.7 Å². The number of amides is 1. The fourth-order valence-corrected chi connectivity index (χ4v) is 2.13. The van der Waals surface area contributed by atoms with Crippen LogP contribution in [0.5, 0.6) is 0 Å². The Morgan fingerprint density at radius 3 is 2.59 bits per heavy atom. The first kappa shape index (κ1) is 14.1. The Hall–Kier alpha value is -1.00. The highest BCUT2D eigenvalue weighted by Crippen LogP contribution is 2.18. The van der Waals surface area contributed by atoms with E-state index in [0.717, 1.165) is 18.0 Å². The van der Waals surface area contributed by atoms with Crippen LogP contribution in [0.2, 0.25) is 0 Å². The van der Waals surface area contributed by atoms with Crippen molar-refractivity contribution in [1.29, 1.82) is 0 Å². The summed E-state index contributed by atoms with van der Waals surface area (Å²) >= 11 is 1.59. The number of nitrogens with one attached hydrogen (secondary N) is 1. The predicted molar refractivity (Wildman–Crippen MR) is 73.5 cm³/mol. The van der Waals surface area contributed by atoms with Crippen molar-refractivity contribution in [2.24, 2.45) is 0 Å². The summed E-state index contributed by atoms with van der Waals surface area (Å²) in [6, 6.07) is 8.25. The molecule has 0 bridgehead atoms. The molecule has 17 heavy (non-hydrogen) atoms. The third kappa shape index (κ3) is 5.24. The zero-order valence-corrected chi connectivity index (χ0v) is 11.5. The molecule has 3 nitrogen and oxygen atoms in total. The molecule has 0 aliphatic heterocycles. The number of hydrogen-bond donors (Lipinski definition) is 1. The number of carbonyl (C=O) groups is 1. The van der Waals surface area contributed by atoms with Gasteiger partial charge >= 0.3 is 0 Å². The summed E-state index contributed by atoms with van der Waals surface area (Å²) in [7, 11) is 3.73. The molecule has 94 valence electrons. The highest BCUT2D eigenvalue weighted by atomic mass is 32.2. The van der Waals surface area contributed by atoms with Crippen LogP contribution < -0.4 is 5.32 Å². The van der Waals surface area contributed by atoms with Crippen molar-refractivity contribution in [1.82, 2.24) is 10.2 Å². The van der Waals surface area contributed by atoms with Crippen molar-refractivity contribution in [2.75, 3.05) is 32.9 Å². The second-order valence-electron chi connectivity index (χ2n) is 4.02. The van der Waals surface area contributed by atoms with Gasteiger partial charge in [0.05, 0.1) is 5.75 Å². The number of rotatable bonds is 6. The topological polar surface area (TPSA) is 32.3 Å². The summed E-state index contributed by atoms with van der Waals surface area (Å²) < 4.78 is 0. The van der Waals surface area contributed by atoms with E-state index in [2.05, 4.69) is 36.5 Å². The molecule has 0 saturated carbocycles. The highest BCUT2D eigenvalue weighted by molar-refractivity contribution is 8.00. The van der Waals surface area contributed by atoms with Gasteiger partial charge in [0.15, 0.2) is 0 Å². The number of hydrogen-bond acceptors (Lipinski definition) is 3. The molecule has 0 aliphatic carbocycles. The number of nitrogens with zero attached hydrogens (tertiary/aromatic N) is 1. The normalized spacial score (nSPS) is 10.3. The molecule has 0 fully saturated rings. The Kier molecular flexibility index (Phi) is 6.08. The minimum absolute atomic E-state index is 0.172. The van der Waals surface area contributed by atoms with Gasteiger partial charge in [-0.1, -0.05) is 17.7 Å². The van der Waals surface area contributed by atoms with Crippen LogP contribution in [0.1, 0.15) is 5.56 Å². The van der Waals surface area contributed by atoms with Crippen LogP contribution in [-0.2, 0) is 4.79 Å². The van der Waals surface area contributed by atoms with E-state index in [-0.39, 0.29) is 5.91 Å². The van der Waals surface area contributed by atoms with E-state index in [1.807, 2.05) is 14.1 Å². The quantitative estimate of drug-likeness (QED) is 0.783. The van der Waals surface area contributed by atoms with Crippen LogP contribution in [0.15, 0.2) is 29.2 Å². The average molecular weight is 252 g/mol. The van der Waals surface area contributed by atoms with Gasteiger partial charge in [-0.3, -0.25) is 4.79 Å². The molecular weight excluding hydrogens is 232 g/mol. The van der Waals surface area contributed by atoms with Crippen molar-refractivity contribution in [2.45, 2.75) is 11.8 Å². The fourth-order valence-electron chi connectivity index (χ4n) is 1.29. The van der Waals surface area contributed by atoms with Crippen molar-refractivity contribution in [3.8, 4) is 0 Å². The number of benzene rings is 1. The van der Waals surface area contributed by atoms with Gasteiger partial charge in [0.25, 0.3) is 0 Å². The molecule has 4 heteroatoms.